The van der Waals surface area contributed by atoms with Crippen molar-refractivity contribution in [2.24, 2.45) is 0 Å². The van der Waals surface area contributed by atoms with Crippen molar-refractivity contribution in [3.8, 4) is 0 Å². The van der Waals surface area contributed by atoms with Crippen molar-refractivity contribution >= 4 is 23.1 Å². The van der Waals surface area contributed by atoms with Gasteiger partial charge in [-0.05, 0) is 34.6 Å². The van der Waals surface area contributed by atoms with Gasteiger partial charge >= 0.3 is 0 Å². The number of benzene rings is 1. The smallest absolute Gasteiger partial charge is 0.0300 e. The van der Waals surface area contributed by atoms with Gasteiger partial charge in [-0.25, -0.2) is 0 Å². The Balaban J connectivity index is 1.69. The van der Waals surface area contributed by atoms with Gasteiger partial charge in [-0.1, -0.05) is 39.0 Å². The van der Waals surface area contributed by atoms with Crippen LogP contribution in [0.3, 0.4) is 0 Å². The molecule has 1 N–H and O–H groups in total. The van der Waals surface area contributed by atoms with Crippen LogP contribution in [0.5, 0.6) is 0 Å². The average Bonchev–Trinajstić information content (AvgIpc) is 2.91. The first kappa shape index (κ1) is 15.6. The van der Waals surface area contributed by atoms with Crippen LogP contribution in [-0.2, 0) is 12.0 Å². The third-order valence-electron chi connectivity index (χ3n) is 3.15. The largest absolute Gasteiger partial charge is 0.311 e. The highest BCUT2D eigenvalue weighted by Gasteiger charge is 2.12. The minimum Gasteiger partial charge on any atom is -0.311 e. The van der Waals surface area contributed by atoms with Crippen molar-refractivity contribution in [1.82, 2.24) is 5.32 Å². The molecule has 0 unspecified atom stereocenters. The third kappa shape index (κ3) is 4.97. The van der Waals surface area contributed by atoms with E-state index >= 15 is 0 Å². The van der Waals surface area contributed by atoms with E-state index < -0.39 is 0 Å². The molecule has 0 saturated heterocycles. The van der Waals surface area contributed by atoms with Gasteiger partial charge in [0.25, 0.3) is 0 Å². The average molecular weight is 306 g/mol. The Hall–Kier alpha value is -0.770. The van der Waals surface area contributed by atoms with Gasteiger partial charge in [-0.2, -0.15) is 0 Å². The Labute approximate surface area is 130 Å². The second-order valence-electron chi connectivity index (χ2n) is 5.88. The number of thioether (sulfide) groups is 1. The number of nitrogens with one attached hydrogen (secondary N) is 1. The van der Waals surface area contributed by atoms with Gasteiger partial charge < -0.3 is 5.32 Å². The molecule has 2 rings (SSSR count). The predicted molar refractivity (Wildman–Crippen MR) is 91.9 cm³/mol. The fourth-order valence-electron chi connectivity index (χ4n) is 1.92. The van der Waals surface area contributed by atoms with Crippen LogP contribution in [0.15, 0.2) is 46.7 Å². The van der Waals surface area contributed by atoms with E-state index in [0.29, 0.717) is 0 Å². The maximum atomic E-state index is 3.48. The zero-order valence-electron chi connectivity index (χ0n) is 12.5. The van der Waals surface area contributed by atoms with Crippen molar-refractivity contribution < 1.29 is 0 Å². The van der Waals surface area contributed by atoms with Gasteiger partial charge in [-0.3, -0.25) is 0 Å². The summed E-state index contributed by atoms with van der Waals surface area (Å²) in [6.45, 7) is 8.79. The lowest BCUT2D eigenvalue weighted by molar-refractivity contribution is 0.590. The Bertz CT molecular complexity index is 495. The molecule has 0 bridgehead atoms. The van der Waals surface area contributed by atoms with Crippen molar-refractivity contribution in [1.29, 1.82) is 0 Å². The molecule has 0 spiro atoms. The summed E-state index contributed by atoms with van der Waals surface area (Å²) >= 11 is 3.73. The number of thiophene rings is 1. The summed E-state index contributed by atoms with van der Waals surface area (Å²) in [7, 11) is 0. The molecule has 0 saturated carbocycles. The maximum Gasteiger partial charge on any atom is 0.0300 e. The molecule has 2 aromatic rings. The molecule has 1 nitrogen and oxygen atoms in total. The molecule has 0 radical (unpaired) electrons. The number of hydrogen-bond donors (Lipinski definition) is 1. The van der Waals surface area contributed by atoms with Crippen LogP contribution in [0.1, 0.15) is 31.2 Å². The SMILES string of the molecule is CC(C)(C)c1ccc(SCCNCc2cccs2)cc1. The lowest BCUT2D eigenvalue weighted by atomic mass is 9.87. The molecule has 0 amide bonds. The highest BCUT2D eigenvalue weighted by molar-refractivity contribution is 7.99. The predicted octanol–water partition coefficient (Wildman–Crippen LogP) is 4.93. The van der Waals surface area contributed by atoms with Crippen LogP contribution in [0.25, 0.3) is 0 Å². The van der Waals surface area contributed by atoms with Gasteiger partial charge in [-0.15, -0.1) is 23.1 Å². The zero-order chi connectivity index (χ0) is 14.4. The van der Waals surface area contributed by atoms with E-state index in [1.165, 1.54) is 15.3 Å². The van der Waals surface area contributed by atoms with E-state index in [9.17, 15) is 0 Å². The molecule has 1 aromatic carbocycles. The summed E-state index contributed by atoms with van der Waals surface area (Å²) < 4.78 is 0. The monoisotopic (exact) mass is 305 g/mol. The summed E-state index contributed by atoms with van der Waals surface area (Å²) in [5.74, 6) is 1.11. The molecule has 1 heterocycles. The van der Waals surface area contributed by atoms with E-state index in [2.05, 4.69) is 67.9 Å². The Morgan fingerprint density at radius 2 is 1.85 bits per heavy atom. The van der Waals surface area contributed by atoms with Crippen LogP contribution in [0, 0.1) is 0 Å². The Kier molecular flexibility index (Phi) is 5.70. The summed E-state index contributed by atoms with van der Waals surface area (Å²) in [6, 6.07) is 13.3. The van der Waals surface area contributed by atoms with Crippen molar-refractivity contribution in [2.45, 2.75) is 37.6 Å². The highest BCUT2D eigenvalue weighted by atomic mass is 32.2. The molecule has 3 heteroatoms. The van der Waals surface area contributed by atoms with Crippen molar-refractivity contribution in [2.75, 3.05) is 12.3 Å². The summed E-state index contributed by atoms with van der Waals surface area (Å²) in [6.07, 6.45) is 0. The lowest BCUT2D eigenvalue weighted by Crippen LogP contribution is -2.15. The second-order valence-corrected chi connectivity index (χ2v) is 8.08. The van der Waals surface area contributed by atoms with Gasteiger partial charge in [0.2, 0.25) is 0 Å². The second kappa shape index (κ2) is 7.30. The quantitative estimate of drug-likeness (QED) is 0.600. The summed E-state index contributed by atoms with van der Waals surface area (Å²) in [4.78, 5) is 2.76. The Morgan fingerprint density at radius 3 is 2.45 bits per heavy atom. The first-order chi connectivity index (χ1) is 9.55. The Morgan fingerprint density at radius 1 is 1.10 bits per heavy atom. The highest BCUT2D eigenvalue weighted by Crippen LogP contribution is 2.25. The molecular weight excluding hydrogens is 282 g/mol. The van der Waals surface area contributed by atoms with Crippen LogP contribution in [0.4, 0.5) is 0 Å². The molecule has 108 valence electrons. The van der Waals surface area contributed by atoms with E-state index in [-0.39, 0.29) is 5.41 Å². The van der Waals surface area contributed by atoms with Gasteiger partial charge in [0.1, 0.15) is 0 Å². The van der Waals surface area contributed by atoms with Crippen LogP contribution in [0.2, 0.25) is 0 Å². The third-order valence-corrected chi connectivity index (χ3v) is 5.04. The zero-order valence-corrected chi connectivity index (χ0v) is 14.1. The van der Waals surface area contributed by atoms with Crippen molar-refractivity contribution in [3.63, 3.8) is 0 Å². The summed E-state index contributed by atoms with van der Waals surface area (Å²) in [5, 5.41) is 5.61. The summed E-state index contributed by atoms with van der Waals surface area (Å²) in [5.41, 5.74) is 1.64. The van der Waals surface area contributed by atoms with Crippen molar-refractivity contribution in [3.05, 3.63) is 52.2 Å². The first-order valence-electron chi connectivity index (χ1n) is 7.02. The molecule has 1 aromatic heterocycles. The van der Waals surface area contributed by atoms with Gasteiger partial charge in [0.15, 0.2) is 0 Å². The molecule has 0 aliphatic heterocycles. The molecule has 0 atom stereocenters. The molecule has 0 aliphatic rings. The standard InChI is InChI=1S/C17H23NS2/c1-17(2,3)14-6-8-15(9-7-14)20-12-10-18-13-16-5-4-11-19-16/h4-9,11,18H,10,12-13H2,1-3H3. The fourth-order valence-corrected chi connectivity index (χ4v) is 3.40. The number of rotatable bonds is 6. The lowest BCUT2D eigenvalue weighted by Gasteiger charge is -2.19. The fraction of sp³-hybridized carbons (Fsp3) is 0.412. The van der Waals surface area contributed by atoms with Gasteiger partial charge in [0, 0.05) is 28.6 Å². The van der Waals surface area contributed by atoms with E-state index in [1.807, 2.05) is 23.1 Å². The topological polar surface area (TPSA) is 12.0 Å². The van der Waals surface area contributed by atoms with Crippen LogP contribution < -0.4 is 5.32 Å². The minimum atomic E-state index is 0.242. The first-order valence-corrected chi connectivity index (χ1v) is 8.89. The van der Waals surface area contributed by atoms with Crippen LogP contribution in [-0.4, -0.2) is 12.3 Å². The molecular formula is C17H23NS2. The molecule has 0 fully saturated rings. The molecule has 20 heavy (non-hydrogen) atoms. The van der Waals surface area contributed by atoms with E-state index in [1.54, 1.807) is 0 Å². The normalized spacial score (nSPS) is 11.8. The van der Waals surface area contributed by atoms with Gasteiger partial charge in [0.05, 0.1) is 0 Å². The van der Waals surface area contributed by atoms with E-state index in [4.69, 9.17) is 0 Å². The minimum absolute atomic E-state index is 0.242. The maximum absolute atomic E-state index is 3.48. The van der Waals surface area contributed by atoms with Crippen LogP contribution >= 0.6 is 23.1 Å². The van der Waals surface area contributed by atoms with E-state index in [0.717, 1.165) is 18.8 Å². The molecule has 0 aliphatic carbocycles. The number of hydrogen-bond acceptors (Lipinski definition) is 3.